The normalized spacial score (nSPS) is 13.4. The highest BCUT2D eigenvalue weighted by Crippen LogP contribution is 2.13. The number of alkyl carbamates (subject to hydrolysis) is 2. The zero-order valence-corrected chi connectivity index (χ0v) is 24.6. The van der Waals surface area contributed by atoms with Gasteiger partial charge in [0.25, 0.3) is 0 Å². The van der Waals surface area contributed by atoms with Gasteiger partial charge >= 0.3 is 12.2 Å². The van der Waals surface area contributed by atoms with Crippen molar-refractivity contribution in [3.8, 4) is 0 Å². The molecule has 0 saturated heterocycles. The molecule has 0 heterocycles. The Labute approximate surface area is 223 Å². The number of amides is 3. The van der Waals surface area contributed by atoms with Gasteiger partial charge in [-0.1, -0.05) is 43.9 Å². The summed E-state index contributed by atoms with van der Waals surface area (Å²) in [6.45, 7) is 15.3. The van der Waals surface area contributed by atoms with Crippen LogP contribution >= 0.6 is 0 Å². The highest BCUT2D eigenvalue weighted by molar-refractivity contribution is 6.76. The van der Waals surface area contributed by atoms with Crippen molar-refractivity contribution in [1.29, 1.82) is 0 Å². The maximum Gasteiger partial charge on any atom is 0.407 e. The monoisotopic (exact) mass is 537 g/mol. The van der Waals surface area contributed by atoms with Gasteiger partial charge in [0.2, 0.25) is 5.91 Å². The summed E-state index contributed by atoms with van der Waals surface area (Å²) >= 11 is 0. The first-order valence-corrected chi connectivity index (χ1v) is 16.7. The Morgan fingerprint density at radius 2 is 1.65 bits per heavy atom. The molecule has 1 aromatic carbocycles. The van der Waals surface area contributed by atoms with E-state index < -0.39 is 37.8 Å². The Balaban J connectivity index is 2.49. The van der Waals surface area contributed by atoms with Gasteiger partial charge in [-0.25, -0.2) is 9.59 Å². The number of primary amides is 1. The van der Waals surface area contributed by atoms with E-state index in [1.807, 2.05) is 52.0 Å². The van der Waals surface area contributed by atoms with E-state index in [1.54, 1.807) is 0 Å². The van der Waals surface area contributed by atoms with Gasteiger partial charge in [-0.3, -0.25) is 4.79 Å². The summed E-state index contributed by atoms with van der Waals surface area (Å²) in [6, 6.07) is 8.56. The fraction of sp³-hybridized carbons (Fsp3) is 0.667. The van der Waals surface area contributed by atoms with Crippen LogP contribution in [0.3, 0.4) is 0 Å². The molecule has 1 aromatic rings. The van der Waals surface area contributed by atoms with Crippen LogP contribution in [0.15, 0.2) is 24.3 Å². The van der Waals surface area contributed by atoms with Crippen molar-refractivity contribution < 1.29 is 28.6 Å². The maximum absolute atomic E-state index is 12.3. The van der Waals surface area contributed by atoms with Crippen molar-refractivity contribution in [3.63, 3.8) is 0 Å². The smallest absolute Gasteiger partial charge is 0.407 e. The standard InChI is InChI=1S/C27H47N3O6Si/c1-20(23(14-15-24(28)31)30-26(33)34-17-18-37(5,6)7)35-19-22-12-10-21(11-13-22)9-8-16-29-25(32)36-27(2,3)4/h10-13,20,23H,8-9,14-19H2,1-7H3,(H2,28,31)(H,29,32)(H,30,33)/t20-,23+/m1/s1. The van der Waals surface area contributed by atoms with Crippen LogP contribution in [-0.4, -0.2) is 57.1 Å². The number of nitrogens with one attached hydrogen (secondary N) is 2. The molecule has 3 amide bonds. The number of hydrogen-bond donors (Lipinski definition) is 3. The van der Waals surface area contributed by atoms with E-state index in [1.165, 1.54) is 0 Å². The first-order valence-electron chi connectivity index (χ1n) is 13.0. The number of carbonyl (C=O) groups is 3. The predicted octanol–water partition coefficient (Wildman–Crippen LogP) is 4.75. The van der Waals surface area contributed by atoms with E-state index in [-0.39, 0.29) is 12.5 Å². The number of hydrogen-bond acceptors (Lipinski definition) is 6. The molecule has 0 aliphatic rings. The number of aryl methyl sites for hydroxylation is 1. The van der Waals surface area contributed by atoms with Gasteiger partial charge in [0.05, 0.1) is 25.4 Å². The SMILES string of the molecule is C[C@@H](OCc1ccc(CCCNC(=O)OC(C)(C)C)cc1)[C@H](CCC(N)=O)NC(=O)OCC[Si](C)(C)C. The molecule has 0 bridgehead atoms. The van der Waals surface area contributed by atoms with Gasteiger partial charge in [0.1, 0.15) is 5.60 Å². The molecule has 1 rings (SSSR count). The van der Waals surface area contributed by atoms with Crippen LogP contribution in [0.2, 0.25) is 25.7 Å². The third-order valence-corrected chi connectivity index (χ3v) is 7.21. The Hall–Kier alpha value is -2.59. The third kappa shape index (κ3) is 16.7. The lowest BCUT2D eigenvalue weighted by atomic mass is 10.1. The van der Waals surface area contributed by atoms with Crippen LogP contribution < -0.4 is 16.4 Å². The minimum Gasteiger partial charge on any atom is -0.450 e. The van der Waals surface area contributed by atoms with Crippen molar-refractivity contribution in [2.24, 2.45) is 5.73 Å². The summed E-state index contributed by atoms with van der Waals surface area (Å²) in [4.78, 5) is 35.3. The summed E-state index contributed by atoms with van der Waals surface area (Å²) in [5.41, 5.74) is 6.96. The topological polar surface area (TPSA) is 129 Å². The molecule has 0 unspecified atom stereocenters. The first-order chi connectivity index (χ1) is 17.1. The van der Waals surface area contributed by atoms with Crippen LogP contribution in [0, 0.1) is 0 Å². The predicted molar refractivity (Wildman–Crippen MR) is 148 cm³/mol. The third-order valence-electron chi connectivity index (χ3n) is 5.50. The van der Waals surface area contributed by atoms with E-state index in [9.17, 15) is 14.4 Å². The second kappa shape index (κ2) is 15.6. The van der Waals surface area contributed by atoms with Gasteiger partial charge in [0, 0.05) is 21.0 Å². The summed E-state index contributed by atoms with van der Waals surface area (Å²) in [5, 5.41) is 5.60. The minimum atomic E-state index is -1.31. The Bertz CT molecular complexity index is 849. The molecule has 9 nitrogen and oxygen atoms in total. The fourth-order valence-corrected chi connectivity index (χ4v) is 4.02. The molecule has 210 valence electrons. The maximum atomic E-state index is 12.3. The molecule has 0 saturated carbocycles. The van der Waals surface area contributed by atoms with Crippen LogP contribution in [0.1, 0.15) is 58.1 Å². The molecule has 0 spiro atoms. The van der Waals surface area contributed by atoms with Gasteiger partial charge in [-0.05, 0) is 64.1 Å². The zero-order chi connectivity index (χ0) is 28.1. The van der Waals surface area contributed by atoms with E-state index in [0.717, 1.165) is 30.0 Å². The van der Waals surface area contributed by atoms with Gasteiger partial charge < -0.3 is 30.6 Å². The van der Waals surface area contributed by atoms with E-state index in [0.29, 0.717) is 26.2 Å². The van der Waals surface area contributed by atoms with Crippen molar-refractivity contribution in [2.75, 3.05) is 13.2 Å². The van der Waals surface area contributed by atoms with Crippen LogP contribution in [0.4, 0.5) is 9.59 Å². The molecule has 10 heteroatoms. The summed E-state index contributed by atoms with van der Waals surface area (Å²) in [7, 11) is -1.31. The van der Waals surface area contributed by atoms with E-state index in [4.69, 9.17) is 19.9 Å². The Kier molecular flexibility index (Phi) is 13.7. The fourth-order valence-electron chi connectivity index (χ4n) is 3.31. The zero-order valence-electron chi connectivity index (χ0n) is 23.6. The van der Waals surface area contributed by atoms with Crippen molar-refractivity contribution in [1.82, 2.24) is 10.6 Å². The minimum absolute atomic E-state index is 0.144. The number of benzene rings is 1. The molecule has 37 heavy (non-hydrogen) atoms. The van der Waals surface area contributed by atoms with Crippen molar-refractivity contribution >= 4 is 26.2 Å². The van der Waals surface area contributed by atoms with Crippen molar-refractivity contribution in [2.45, 2.75) is 103 Å². The quantitative estimate of drug-likeness (QED) is 0.219. The molecule has 0 fully saturated rings. The largest absolute Gasteiger partial charge is 0.450 e. The van der Waals surface area contributed by atoms with Crippen molar-refractivity contribution in [3.05, 3.63) is 35.4 Å². The number of rotatable bonds is 15. The molecule has 0 aliphatic carbocycles. The Morgan fingerprint density at radius 1 is 1.03 bits per heavy atom. The average Bonchev–Trinajstić information content (AvgIpc) is 2.76. The summed E-state index contributed by atoms with van der Waals surface area (Å²) < 4.78 is 16.6. The number of carbonyl (C=O) groups excluding carboxylic acids is 3. The lowest BCUT2D eigenvalue weighted by Crippen LogP contribution is -2.44. The number of ether oxygens (including phenoxy) is 3. The lowest BCUT2D eigenvalue weighted by Gasteiger charge is -2.25. The summed E-state index contributed by atoms with van der Waals surface area (Å²) in [5.74, 6) is -0.428. The molecule has 0 aromatic heterocycles. The van der Waals surface area contributed by atoms with Gasteiger partial charge in [0.15, 0.2) is 0 Å². The highest BCUT2D eigenvalue weighted by atomic mass is 28.3. The molecular formula is C27H47N3O6Si. The van der Waals surface area contributed by atoms with Crippen LogP contribution in [-0.2, 0) is 32.0 Å². The second-order valence-corrected chi connectivity index (χ2v) is 17.2. The molecule has 2 atom stereocenters. The molecular weight excluding hydrogens is 490 g/mol. The van der Waals surface area contributed by atoms with Gasteiger partial charge in [-0.2, -0.15) is 0 Å². The van der Waals surface area contributed by atoms with E-state index >= 15 is 0 Å². The van der Waals surface area contributed by atoms with Gasteiger partial charge in [-0.15, -0.1) is 0 Å². The first kappa shape index (κ1) is 32.4. The average molecular weight is 538 g/mol. The second-order valence-electron chi connectivity index (χ2n) is 11.6. The highest BCUT2D eigenvalue weighted by Gasteiger charge is 2.22. The molecule has 0 aliphatic heterocycles. The molecule has 0 radical (unpaired) electrons. The van der Waals surface area contributed by atoms with Crippen LogP contribution in [0.5, 0.6) is 0 Å². The Morgan fingerprint density at radius 3 is 2.22 bits per heavy atom. The summed E-state index contributed by atoms with van der Waals surface area (Å²) in [6.07, 6.45) is 0.884. The lowest BCUT2D eigenvalue weighted by molar-refractivity contribution is -0.118. The molecule has 4 N–H and O–H groups in total. The van der Waals surface area contributed by atoms with E-state index in [2.05, 4.69) is 30.3 Å². The van der Waals surface area contributed by atoms with Crippen LogP contribution in [0.25, 0.3) is 0 Å². The number of nitrogens with two attached hydrogens (primary N) is 1.